The molecule has 45 heavy (non-hydrogen) atoms. The fraction of sp³-hybridized carbons (Fsp3) is 0.212. The number of likely N-dealkylation sites (N-methyl/N-ethyl adjacent to an activating group) is 1. The van der Waals surface area contributed by atoms with Crippen LogP contribution in [0.1, 0.15) is 18.1 Å². The van der Waals surface area contributed by atoms with Gasteiger partial charge in [-0.1, -0.05) is 89.4 Å². The lowest BCUT2D eigenvalue weighted by molar-refractivity contribution is -0.140. The SMILES string of the molecule is CCNC(=O)C(Cc1ccccc1)N(Cc1ccc(Cl)c(Cl)c1)C(=O)CN(c1cc(Cl)ccc1OC)S(=O)(=O)c1ccccc1. The third kappa shape index (κ3) is 8.49. The van der Waals surface area contributed by atoms with Gasteiger partial charge in [-0.25, -0.2) is 8.42 Å². The van der Waals surface area contributed by atoms with Crippen LogP contribution >= 0.6 is 34.8 Å². The molecule has 8 nitrogen and oxygen atoms in total. The molecule has 0 saturated carbocycles. The molecule has 0 saturated heterocycles. The van der Waals surface area contributed by atoms with Gasteiger partial charge in [0.05, 0.1) is 27.7 Å². The number of carbonyl (C=O) groups is 2. The number of halogens is 3. The molecule has 4 rings (SSSR count). The first-order valence-electron chi connectivity index (χ1n) is 14.0. The van der Waals surface area contributed by atoms with Gasteiger partial charge in [-0.2, -0.15) is 0 Å². The van der Waals surface area contributed by atoms with Gasteiger partial charge in [0.25, 0.3) is 10.0 Å². The van der Waals surface area contributed by atoms with Gasteiger partial charge in [0.2, 0.25) is 11.8 Å². The van der Waals surface area contributed by atoms with Gasteiger partial charge in [0, 0.05) is 24.5 Å². The van der Waals surface area contributed by atoms with Crippen molar-refractivity contribution in [2.45, 2.75) is 30.8 Å². The first-order chi connectivity index (χ1) is 21.5. The Morgan fingerprint density at radius 3 is 2.13 bits per heavy atom. The number of benzene rings is 4. The van der Waals surface area contributed by atoms with Gasteiger partial charge < -0.3 is 15.0 Å². The van der Waals surface area contributed by atoms with Crippen LogP contribution in [-0.2, 0) is 32.6 Å². The van der Waals surface area contributed by atoms with Crippen molar-refractivity contribution < 1.29 is 22.7 Å². The molecule has 0 radical (unpaired) electrons. The van der Waals surface area contributed by atoms with Crippen molar-refractivity contribution in [1.82, 2.24) is 10.2 Å². The average molecular weight is 689 g/mol. The first-order valence-corrected chi connectivity index (χ1v) is 16.6. The summed E-state index contributed by atoms with van der Waals surface area (Å²) in [4.78, 5) is 29.4. The second-order valence-electron chi connectivity index (χ2n) is 10.0. The van der Waals surface area contributed by atoms with Gasteiger partial charge in [-0.3, -0.25) is 13.9 Å². The maximum absolute atomic E-state index is 14.5. The Hall–Kier alpha value is -3.76. The Morgan fingerprint density at radius 2 is 1.51 bits per heavy atom. The molecule has 0 bridgehead atoms. The zero-order chi connectivity index (χ0) is 32.6. The molecule has 0 spiro atoms. The summed E-state index contributed by atoms with van der Waals surface area (Å²) >= 11 is 18.8. The fourth-order valence-corrected chi connectivity index (χ4v) is 6.70. The highest BCUT2D eigenvalue weighted by Gasteiger charge is 2.35. The summed E-state index contributed by atoms with van der Waals surface area (Å²) in [6, 6.07) is 25.4. The summed E-state index contributed by atoms with van der Waals surface area (Å²) in [5, 5.41) is 3.67. The van der Waals surface area contributed by atoms with E-state index < -0.39 is 34.4 Å². The Kier molecular flexibility index (Phi) is 11.7. The van der Waals surface area contributed by atoms with Crippen LogP contribution < -0.4 is 14.4 Å². The molecule has 0 fully saturated rings. The molecular formula is C33H32Cl3N3O5S. The molecule has 2 amide bonds. The number of carbonyl (C=O) groups excluding carboxylic acids is 2. The van der Waals surface area contributed by atoms with E-state index in [1.807, 2.05) is 30.3 Å². The van der Waals surface area contributed by atoms with Gasteiger partial charge >= 0.3 is 0 Å². The summed E-state index contributed by atoms with van der Waals surface area (Å²) in [6.07, 6.45) is 0.172. The minimum absolute atomic E-state index is 0.0413. The maximum Gasteiger partial charge on any atom is 0.264 e. The molecule has 0 aliphatic heterocycles. The minimum atomic E-state index is -4.32. The molecule has 4 aromatic carbocycles. The monoisotopic (exact) mass is 687 g/mol. The minimum Gasteiger partial charge on any atom is -0.495 e. The number of hydrogen-bond donors (Lipinski definition) is 1. The molecule has 12 heteroatoms. The highest BCUT2D eigenvalue weighted by atomic mass is 35.5. The number of rotatable bonds is 13. The van der Waals surface area contributed by atoms with E-state index in [4.69, 9.17) is 39.5 Å². The molecule has 236 valence electrons. The molecule has 1 unspecified atom stereocenters. The normalized spacial score (nSPS) is 11.8. The summed E-state index contributed by atoms with van der Waals surface area (Å²) in [5.41, 5.74) is 1.47. The lowest BCUT2D eigenvalue weighted by atomic mass is 10.0. The number of hydrogen-bond acceptors (Lipinski definition) is 5. The number of sulfonamides is 1. The number of nitrogens with zero attached hydrogens (tertiary/aromatic N) is 2. The van der Waals surface area contributed by atoms with Crippen molar-refractivity contribution in [2.75, 3.05) is 24.5 Å². The topological polar surface area (TPSA) is 96.0 Å². The number of methoxy groups -OCH3 is 1. The average Bonchev–Trinajstić information content (AvgIpc) is 3.04. The number of amides is 2. The van der Waals surface area contributed by atoms with E-state index in [0.29, 0.717) is 17.1 Å². The van der Waals surface area contributed by atoms with E-state index >= 15 is 0 Å². The largest absolute Gasteiger partial charge is 0.495 e. The standard InChI is InChI=1S/C33H32Cl3N3O5S/c1-3-37-33(41)30(19-23-10-6-4-7-11-23)38(21-24-14-16-27(35)28(36)18-24)32(40)22-39(29-20-25(34)15-17-31(29)44-2)45(42,43)26-12-8-5-9-13-26/h4-18,20,30H,3,19,21-22H2,1-2H3,(H,37,41). The maximum atomic E-state index is 14.5. The molecule has 0 aliphatic carbocycles. The third-order valence-corrected chi connectivity index (χ3v) is 9.73. The summed E-state index contributed by atoms with van der Waals surface area (Å²) in [7, 11) is -2.93. The van der Waals surface area contributed by atoms with Crippen LogP contribution in [0.4, 0.5) is 5.69 Å². The zero-order valence-electron chi connectivity index (χ0n) is 24.6. The summed E-state index contributed by atoms with van der Waals surface area (Å²) in [6.45, 7) is 1.38. The van der Waals surface area contributed by atoms with Crippen LogP contribution in [0, 0.1) is 0 Å². The van der Waals surface area contributed by atoms with Crippen molar-refractivity contribution in [1.29, 1.82) is 0 Å². The predicted octanol–water partition coefficient (Wildman–Crippen LogP) is 6.63. The van der Waals surface area contributed by atoms with Crippen molar-refractivity contribution in [2.24, 2.45) is 0 Å². The summed E-state index contributed by atoms with van der Waals surface area (Å²) < 4.78 is 34.7. The van der Waals surface area contributed by atoms with E-state index in [0.717, 1.165) is 9.87 Å². The second-order valence-corrected chi connectivity index (χ2v) is 13.1. The zero-order valence-corrected chi connectivity index (χ0v) is 27.7. The van der Waals surface area contributed by atoms with E-state index in [1.165, 1.54) is 36.3 Å². The van der Waals surface area contributed by atoms with E-state index in [1.54, 1.807) is 49.4 Å². The lowest BCUT2D eigenvalue weighted by Gasteiger charge is -2.34. The van der Waals surface area contributed by atoms with Crippen LogP contribution in [0.2, 0.25) is 15.1 Å². The molecule has 4 aromatic rings. The molecule has 0 aliphatic rings. The second kappa shape index (κ2) is 15.5. The Balaban J connectivity index is 1.85. The Labute approximate surface area is 278 Å². The Bertz CT molecular complexity index is 1740. The number of ether oxygens (including phenoxy) is 1. The quantitative estimate of drug-likeness (QED) is 0.170. The highest BCUT2D eigenvalue weighted by molar-refractivity contribution is 7.92. The fourth-order valence-electron chi connectivity index (χ4n) is 4.77. The smallest absolute Gasteiger partial charge is 0.264 e. The number of anilines is 1. The first kappa shape index (κ1) is 34.1. The van der Waals surface area contributed by atoms with Crippen LogP contribution in [0.5, 0.6) is 5.75 Å². The Morgan fingerprint density at radius 1 is 0.844 bits per heavy atom. The van der Waals surface area contributed by atoms with Gasteiger partial charge in [0.15, 0.2) is 0 Å². The predicted molar refractivity (Wildman–Crippen MR) is 179 cm³/mol. The van der Waals surface area contributed by atoms with Crippen molar-refractivity contribution >= 4 is 62.3 Å². The van der Waals surface area contributed by atoms with Crippen LogP contribution in [0.15, 0.2) is 102 Å². The van der Waals surface area contributed by atoms with Crippen molar-refractivity contribution in [3.63, 3.8) is 0 Å². The molecule has 1 atom stereocenters. The van der Waals surface area contributed by atoms with Gasteiger partial charge in [-0.15, -0.1) is 0 Å². The third-order valence-electron chi connectivity index (χ3n) is 6.98. The van der Waals surface area contributed by atoms with Crippen molar-refractivity contribution in [3.8, 4) is 5.75 Å². The number of nitrogens with one attached hydrogen (secondary N) is 1. The van der Waals surface area contributed by atoms with Crippen LogP contribution in [-0.4, -0.2) is 51.4 Å². The molecule has 0 aromatic heterocycles. The highest BCUT2D eigenvalue weighted by Crippen LogP contribution is 2.35. The van der Waals surface area contributed by atoms with Gasteiger partial charge in [-0.05, 0) is 60.5 Å². The van der Waals surface area contributed by atoms with E-state index in [9.17, 15) is 18.0 Å². The molecule has 1 N–H and O–H groups in total. The van der Waals surface area contributed by atoms with E-state index in [2.05, 4.69) is 5.32 Å². The molecular weight excluding hydrogens is 657 g/mol. The van der Waals surface area contributed by atoms with Gasteiger partial charge in [0.1, 0.15) is 18.3 Å². The summed E-state index contributed by atoms with van der Waals surface area (Å²) in [5.74, 6) is -0.852. The van der Waals surface area contributed by atoms with Crippen molar-refractivity contribution in [3.05, 3.63) is 123 Å². The van der Waals surface area contributed by atoms with Crippen LogP contribution in [0.3, 0.4) is 0 Å². The lowest BCUT2D eigenvalue weighted by Crippen LogP contribution is -2.53. The van der Waals surface area contributed by atoms with Crippen LogP contribution in [0.25, 0.3) is 0 Å². The molecule has 0 heterocycles. The van der Waals surface area contributed by atoms with E-state index in [-0.39, 0.29) is 39.3 Å².